The third-order valence-electron chi connectivity index (χ3n) is 3.51. The average molecular weight is 280 g/mol. The lowest BCUT2D eigenvalue weighted by Gasteiger charge is -2.36. The molecule has 3 nitrogen and oxygen atoms in total. The van der Waals surface area contributed by atoms with Crippen LogP contribution < -0.4 is 4.90 Å². The minimum Gasteiger partial charge on any atom is -0.350 e. The van der Waals surface area contributed by atoms with Gasteiger partial charge in [-0.15, -0.1) is 0 Å². The molecule has 3 rings (SSSR count). The number of alkyl halides is 1. The molecular weight excluding hydrogens is 265 g/mol. The van der Waals surface area contributed by atoms with Crippen LogP contribution in [0.4, 0.5) is 10.2 Å². The lowest BCUT2D eigenvalue weighted by Crippen LogP contribution is -2.48. The lowest BCUT2D eigenvalue weighted by atomic mass is 9.99. The van der Waals surface area contributed by atoms with Crippen LogP contribution in [0.15, 0.2) is 18.5 Å². The van der Waals surface area contributed by atoms with Crippen molar-refractivity contribution in [2.75, 3.05) is 18.0 Å². The molecule has 0 atom stereocenters. The van der Waals surface area contributed by atoms with Gasteiger partial charge in [0.05, 0.1) is 13.1 Å². The number of aromatic nitrogens is 2. The first-order chi connectivity index (χ1) is 9.06. The van der Waals surface area contributed by atoms with Crippen molar-refractivity contribution in [3.63, 3.8) is 0 Å². The first kappa shape index (κ1) is 12.6. The smallest absolute Gasteiger partial charge is 0.138 e. The fraction of sp³-hybridized carbons (Fsp3) is 0.429. The second-order valence-corrected chi connectivity index (χ2v) is 5.63. The zero-order valence-electron chi connectivity index (χ0n) is 10.9. The summed E-state index contributed by atoms with van der Waals surface area (Å²) < 4.78 is 13.0. The molecule has 3 heterocycles. The van der Waals surface area contributed by atoms with Gasteiger partial charge in [-0.05, 0) is 22.9 Å². The van der Waals surface area contributed by atoms with Crippen molar-refractivity contribution in [3.05, 3.63) is 29.2 Å². The van der Waals surface area contributed by atoms with Crippen LogP contribution in [0.2, 0.25) is 5.15 Å². The number of nitrogens with zero attached hydrogens (tertiary/aromatic N) is 3. The molecule has 0 aliphatic carbocycles. The Morgan fingerprint density at radius 3 is 2.63 bits per heavy atom. The third kappa shape index (κ3) is 2.14. The van der Waals surface area contributed by atoms with E-state index in [1.54, 1.807) is 6.20 Å². The maximum atomic E-state index is 13.0. The van der Waals surface area contributed by atoms with Crippen molar-refractivity contribution in [3.8, 4) is 0 Å². The van der Waals surface area contributed by atoms with Crippen LogP contribution in [-0.2, 0) is 0 Å². The van der Waals surface area contributed by atoms with Gasteiger partial charge in [-0.2, -0.15) is 0 Å². The van der Waals surface area contributed by atoms with Crippen molar-refractivity contribution in [2.45, 2.75) is 25.9 Å². The van der Waals surface area contributed by atoms with Crippen LogP contribution in [0.1, 0.15) is 25.3 Å². The van der Waals surface area contributed by atoms with E-state index in [9.17, 15) is 4.39 Å². The molecule has 0 radical (unpaired) electrons. The maximum absolute atomic E-state index is 13.0. The highest BCUT2D eigenvalue weighted by Crippen LogP contribution is 2.33. The summed E-state index contributed by atoms with van der Waals surface area (Å²) in [5.74, 6) is 1.16. The van der Waals surface area contributed by atoms with E-state index < -0.39 is 6.17 Å². The Balaban J connectivity index is 2.17. The summed E-state index contributed by atoms with van der Waals surface area (Å²) in [5, 5.41) is 2.48. The van der Waals surface area contributed by atoms with Gasteiger partial charge in [0.1, 0.15) is 17.1 Å². The van der Waals surface area contributed by atoms with Crippen molar-refractivity contribution in [2.24, 2.45) is 0 Å². The van der Waals surface area contributed by atoms with E-state index in [4.69, 9.17) is 11.6 Å². The van der Waals surface area contributed by atoms with Gasteiger partial charge in [0.15, 0.2) is 0 Å². The topological polar surface area (TPSA) is 29.0 Å². The molecule has 1 saturated heterocycles. The minimum atomic E-state index is -0.748. The maximum Gasteiger partial charge on any atom is 0.138 e. The second-order valence-electron chi connectivity index (χ2n) is 5.25. The molecular formula is C14H15ClFN3. The van der Waals surface area contributed by atoms with Crippen molar-refractivity contribution >= 4 is 28.2 Å². The summed E-state index contributed by atoms with van der Waals surface area (Å²) in [5.41, 5.74) is 1.14. The quantitative estimate of drug-likeness (QED) is 0.787. The Labute approximate surface area is 116 Å². The predicted molar refractivity (Wildman–Crippen MR) is 75.7 cm³/mol. The highest BCUT2D eigenvalue weighted by atomic mass is 35.5. The number of halogens is 2. The predicted octanol–water partition coefficient (Wildman–Crippen LogP) is 3.56. The first-order valence-corrected chi connectivity index (χ1v) is 6.77. The van der Waals surface area contributed by atoms with E-state index in [-0.39, 0.29) is 0 Å². The molecule has 19 heavy (non-hydrogen) atoms. The highest BCUT2D eigenvalue weighted by molar-refractivity contribution is 6.30. The standard InChI is InChI=1S/C14H15ClFN3/c1-8(2)11-4-18-14(19-6-9(16)7-19)12-5-17-13(15)3-10(11)12/h3-5,8-9H,6-7H2,1-2H3. The van der Waals surface area contributed by atoms with Gasteiger partial charge in [0.2, 0.25) is 0 Å². The number of hydrogen-bond donors (Lipinski definition) is 0. The number of hydrogen-bond acceptors (Lipinski definition) is 3. The van der Waals surface area contributed by atoms with Gasteiger partial charge in [-0.3, -0.25) is 0 Å². The van der Waals surface area contributed by atoms with Gasteiger partial charge < -0.3 is 4.90 Å². The number of pyridine rings is 2. The van der Waals surface area contributed by atoms with Crippen LogP contribution >= 0.6 is 11.6 Å². The van der Waals surface area contributed by atoms with E-state index in [1.165, 1.54) is 0 Å². The zero-order chi connectivity index (χ0) is 13.6. The van der Waals surface area contributed by atoms with E-state index in [0.717, 1.165) is 22.2 Å². The van der Waals surface area contributed by atoms with Gasteiger partial charge in [0.25, 0.3) is 0 Å². The summed E-state index contributed by atoms with van der Waals surface area (Å²) in [7, 11) is 0. The fourth-order valence-corrected chi connectivity index (χ4v) is 2.58. The molecule has 0 N–H and O–H groups in total. The molecule has 0 saturated carbocycles. The Morgan fingerprint density at radius 2 is 2.00 bits per heavy atom. The SMILES string of the molecule is CC(C)c1cnc(N2CC(F)C2)c2cnc(Cl)cc12. The molecule has 0 unspecified atom stereocenters. The van der Waals surface area contributed by atoms with E-state index in [0.29, 0.717) is 24.2 Å². The molecule has 2 aromatic heterocycles. The summed E-state index contributed by atoms with van der Waals surface area (Å²) in [6.45, 7) is 5.05. The zero-order valence-corrected chi connectivity index (χ0v) is 11.7. The van der Waals surface area contributed by atoms with Gasteiger partial charge in [-0.25, -0.2) is 14.4 Å². The largest absolute Gasteiger partial charge is 0.350 e. The minimum absolute atomic E-state index is 0.354. The second kappa shape index (κ2) is 4.60. The van der Waals surface area contributed by atoms with Crippen LogP contribution in [0, 0.1) is 0 Å². The molecule has 2 aromatic rings. The Morgan fingerprint density at radius 1 is 1.26 bits per heavy atom. The molecule has 0 bridgehead atoms. The monoisotopic (exact) mass is 279 g/mol. The normalized spacial score (nSPS) is 16.2. The van der Waals surface area contributed by atoms with E-state index >= 15 is 0 Å². The Bertz CT molecular complexity index is 623. The van der Waals surface area contributed by atoms with Gasteiger partial charge in [-0.1, -0.05) is 25.4 Å². The summed E-state index contributed by atoms with van der Waals surface area (Å²) in [4.78, 5) is 10.6. The summed E-state index contributed by atoms with van der Waals surface area (Å²) in [6.07, 6.45) is 2.85. The fourth-order valence-electron chi connectivity index (χ4n) is 2.43. The van der Waals surface area contributed by atoms with E-state index in [2.05, 4.69) is 23.8 Å². The van der Waals surface area contributed by atoms with Crippen LogP contribution in [-0.4, -0.2) is 29.2 Å². The lowest BCUT2D eigenvalue weighted by molar-refractivity contribution is 0.274. The Kier molecular flexibility index (Phi) is 3.05. The van der Waals surface area contributed by atoms with Crippen LogP contribution in [0.5, 0.6) is 0 Å². The van der Waals surface area contributed by atoms with Crippen LogP contribution in [0.25, 0.3) is 10.8 Å². The van der Waals surface area contributed by atoms with Crippen molar-refractivity contribution in [1.82, 2.24) is 9.97 Å². The third-order valence-corrected chi connectivity index (χ3v) is 3.71. The average Bonchev–Trinajstić information content (AvgIpc) is 2.33. The molecule has 0 amide bonds. The molecule has 1 fully saturated rings. The first-order valence-electron chi connectivity index (χ1n) is 6.39. The molecule has 0 spiro atoms. The molecule has 5 heteroatoms. The van der Waals surface area contributed by atoms with Gasteiger partial charge >= 0.3 is 0 Å². The number of rotatable bonds is 2. The highest BCUT2D eigenvalue weighted by Gasteiger charge is 2.29. The summed E-state index contributed by atoms with van der Waals surface area (Å²) in [6, 6.07) is 1.87. The van der Waals surface area contributed by atoms with Crippen LogP contribution in [0.3, 0.4) is 0 Å². The van der Waals surface area contributed by atoms with Crippen molar-refractivity contribution < 1.29 is 4.39 Å². The molecule has 100 valence electrons. The number of anilines is 1. The number of fused-ring (bicyclic) bond motifs is 1. The molecule has 0 aromatic carbocycles. The Hall–Kier alpha value is -1.42. The summed E-state index contributed by atoms with van der Waals surface area (Å²) >= 11 is 5.99. The molecule has 1 aliphatic rings. The van der Waals surface area contributed by atoms with Crippen molar-refractivity contribution in [1.29, 1.82) is 0 Å². The van der Waals surface area contributed by atoms with E-state index in [1.807, 2.05) is 17.2 Å². The van der Waals surface area contributed by atoms with Gasteiger partial charge in [0, 0.05) is 17.8 Å². The molecule has 1 aliphatic heterocycles.